The van der Waals surface area contributed by atoms with Crippen molar-refractivity contribution in [2.24, 2.45) is 0 Å². The second kappa shape index (κ2) is 57.4. The molecule has 0 aliphatic carbocycles. The molecule has 1 atom stereocenters. The summed E-state index contributed by atoms with van der Waals surface area (Å²) in [7, 11) is 0. The monoisotopic (exact) mass is 969 g/mol. The largest absolute Gasteiger partial charge is 0.462 e. The highest BCUT2D eigenvalue weighted by molar-refractivity contribution is 5.71. The Hall–Kier alpha value is -4.19. The number of esters is 3. The predicted octanol–water partition coefficient (Wildman–Crippen LogP) is 19.3. The molecule has 0 amide bonds. The van der Waals surface area contributed by atoms with Gasteiger partial charge in [-0.1, -0.05) is 258 Å². The predicted molar refractivity (Wildman–Crippen MR) is 302 cm³/mol. The Morgan fingerprint density at radius 3 is 0.886 bits per heavy atom. The lowest BCUT2D eigenvalue weighted by Gasteiger charge is -2.18. The molecule has 0 aromatic carbocycles. The molecule has 6 nitrogen and oxygen atoms in total. The summed E-state index contributed by atoms with van der Waals surface area (Å²) in [6.45, 7) is 6.39. The summed E-state index contributed by atoms with van der Waals surface area (Å²) in [5, 5.41) is 0. The van der Waals surface area contributed by atoms with E-state index in [4.69, 9.17) is 14.2 Å². The van der Waals surface area contributed by atoms with Crippen molar-refractivity contribution in [1.29, 1.82) is 0 Å². The van der Waals surface area contributed by atoms with Crippen LogP contribution in [-0.4, -0.2) is 37.2 Å². The van der Waals surface area contributed by atoms with E-state index in [-0.39, 0.29) is 31.1 Å². The summed E-state index contributed by atoms with van der Waals surface area (Å²) in [5.41, 5.74) is 0. The molecule has 0 aliphatic heterocycles. The van der Waals surface area contributed by atoms with Crippen LogP contribution in [0.25, 0.3) is 0 Å². The highest BCUT2D eigenvalue weighted by Gasteiger charge is 2.19. The summed E-state index contributed by atoms with van der Waals surface area (Å²) >= 11 is 0. The van der Waals surface area contributed by atoms with E-state index in [9.17, 15) is 14.4 Å². The van der Waals surface area contributed by atoms with Crippen LogP contribution in [0.5, 0.6) is 0 Å². The van der Waals surface area contributed by atoms with Gasteiger partial charge in [0.1, 0.15) is 13.2 Å². The first-order valence-electron chi connectivity index (χ1n) is 28.7. The fraction of sp³-hybridized carbons (Fsp3) is 0.641. The van der Waals surface area contributed by atoms with E-state index in [1.807, 2.05) is 18.2 Å². The zero-order chi connectivity index (χ0) is 50.7. The zero-order valence-corrected chi connectivity index (χ0v) is 45.2. The molecule has 0 rings (SSSR count). The summed E-state index contributed by atoms with van der Waals surface area (Å²) in [4.78, 5) is 38.2. The molecule has 0 fully saturated rings. The summed E-state index contributed by atoms with van der Waals surface area (Å²) in [6, 6.07) is 0. The molecule has 396 valence electrons. The lowest BCUT2D eigenvalue weighted by molar-refractivity contribution is -0.167. The molecular formula is C64H104O6. The fourth-order valence-electron chi connectivity index (χ4n) is 7.57. The fourth-order valence-corrected chi connectivity index (χ4v) is 7.57. The van der Waals surface area contributed by atoms with Gasteiger partial charge in [-0.25, -0.2) is 0 Å². The van der Waals surface area contributed by atoms with E-state index in [2.05, 4.69) is 124 Å². The van der Waals surface area contributed by atoms with Crippen LogP contribution >= 0.6 is 0 Å². The molecule has 0 saturated heterocycles. The van der Waals surface area contributed by atoms with Gasteiger partial charge < -0.3 is 14.2 Å². The minimum Gasteiger partial charge on any atom is -0.462 e. The van der Waals surface area contributed by atoms with Gasteiger partial charge in [-0.05, 0) is 89.9 Å². The maximum atomic E-state index is 12.9. The first kappa shape index (κ1) is 65.8. The molecule has 0 aromatic rings. The number of carbonyl (C=O) groups excluding carboxylic acids is 3. The lowest BCUT2D eigenvalue weighted by Crippen LogP contribution is -2.30. The Bertz CT molecular complexity index is 1490. The van der Waals surface area contributed by atoms with E-state index in [0.29, 0.717) is 19.3 Å². The van der Waals surface area contributed by atoms with Gasteiger partial charge in [0.15, 0.2) is 6.10 Å². The quantitative estimate of drug-likeness (QED) is 0.0262. The van der Waals surface area contributed by atoms with Gasteiger partial charge >= 0.3 is 17.9 Å². The molecule has 0 spiro atoms. The highest BCUT2D eigenvalue weighted by Crippen LogP contribution is 2.15. The van der Waals surface area contributed by atoms with Crippen LogP contribution in [0.2, 0.25) is 0 Å². The number of hydrogen-bond donors (Lipinski definition) is 0. The van der Waals surface area contributed by atoms with Gasteiger partial charge in [-0.15, -0.1) is 0 Å². The Kier molecular flexibility index (Phi) is 54.0. The van der Waals surface area contributed by atoms with Crippen LogP contribution in [-0.2, 0) is 28.6 Å². The van der Waals surface area contributed by atoms with Crippen molar-refractivity contribution in [3.63, 3.8) is 0 Å². The van der Waals surface area contributed by atoms with Gasteiger partial charge in [0, 0.05) is 19.3 Å². The van der Waals surface area contributed by atoms with Gasteiger partial charge in [-0.3, -0.25) is 14.4 Å². The third-order valence-corrected chi connectivity index (χ3v) is 11.9. The van der Waals surface area contributed by atoms with Crippen molar-refractivity contribution >= 4 is 17.9 Å². The van der Waals surface area contributed by atoms with Crippen LogP contribution in [0.3, 0.4) is 0 Å². The molecule has 70 heavy (non-hydrogen) atoms. The normalized spacial score (nSPS) is 13.0. The summed E-state index contributed by atoms with van der Waals surface area (Å²) in [5.74, 6) is -0.952. The number of unbranched alkanes of at least 4 members (excludes halogenated alkanes) is 26. The lowest BCUT2D eigenvalue weighted by atomic mass is 10.1. The SMILES string of the molecule is CC\C=C/C=C\C=C/C=C\CCCCCCCC(=O)OCC(COC(=O)CCCCCCCCCCCC/C=C\C=C/CCCCC)OC(=O)CCCCCCC\C=C/C=C\C=C/C=C\CCCCC. The van der Waals surface area contributed by atoms with Crippen LogP contribution in [0, 0.1) is 0 Å². The third kappa shape index (κ3) is 54.7. The minimum absolute atomic E-state index is 0.100. The van der Waals surface area contributed by atoms with E-state index < -0.39 is 6.10 Å². The molecule has 0 saturated carbocycles. The average molecular weight is 970 g/mol. The van der Waals surface area contributed by atoms with Gasteiger partial charge in [0.25, 0.3) is 0 Å². The standard InChI is InChI=1S/C64H104O6/c1-4-7-10-13-16-19-22-25-28-30-32-34-36-39-42-45-48-51-54-57-63(66)69-60-61(59-68-62(65)56-53-50-47-44-41-38-35-27-24-21-18-15-12-9-6-3)70-64(67)58-55-52-49-46-43-40-37-33-31-29-26-23-20-17-14-11-8-5-2/h9,12,15-27,29,31,33,35,37,61H,4-8,10-11,13-14,28,30,32,34,36,38-60H2,1-3H3/b12-9-,18-15-,19-16-,20-17-,24-21-,25-22-,26-23-,31-29-,35-27-,37-33-. The van der Waals surface area contributed by atoms with E-state index in [0.717, 1.165) is 109 Å². The number of ether oxygens (including phenoxy) is 3. The highest BCUT2D eigenvalue weighted by atomic mass is 16.6. The summed E-state index contributed by atoms with van der Waals surface area (Å²) < 4.78 is 16.8. The van der Waals surface area contributed by atoms with Crippen molar-refractivity contribution in [3.05, 3.63) is 122 Å². The average Bonchev–Trinajstić information content (AvgIpc) is 3.36. The van der Waals surface area contributed by atoms with Crippen molar-refractivity contribution < 1.29 is 28.6 Å². The molecular weight excluding hydrogens is 865 g/mol. The third-order valence-electron chi connectivity index (χ3n) is 11.9. The Morgan fingerprint density at radius 2 is 0.557 bits per heavy atom. The second-order valence-electron chi connectivity index (χ2n) is 18.7. The minimum atomic E-state index is -0.806. The molecule has 0 heterocycles. The van der Waals surface area contributed by atoms with Crippen LogP contribution in [0.15, 0.2) is 122 Å². The topological polar surface area (TPSA) is 78.9 Å². The number of allylic oxidation sites excluding steroid dienone is 20. The van der Waals surface area contributed by atoms with Crippen molar-refractivity contribution in [2.75, 3.05) is 13.2 Å². The van der Waals surface area contributed by atoms with Gasteiger partial charge in [0.2, 0.25) is 0 Å². The summed E-state index contributed by atoms with van der Waals surface area (Å²) in [6.07, 6.45) is 78.9. The second-order valence-corrected chi connectivity index (χ2v) is 18.7. The van der Waals surface area contributed by atoms with E-state index in [1.165, 1.54) is 96.3 Å². The van der Waals surface area contributed by atoms with Crippen LogP contribution < -0.4 is 0 Å². The smallest absolute Gasteiger partial charge is 0.306 e. The van der Waals surface area contributed by atoms with Gasteiger partial charge in [-0.2, -0.15) is 0 Å². The number of hydrogen-bond acceptors (Lipinski definition) is 6. The van der Waals surface area contributed by atoms with Gasteiger partial charge in [0.05, 0.1) is 0 Å². The molecule has 0 radical (unpaired) electrons. The molecule has 0 bridgehead atoms. The Labute approximate surface area is 431 Å². The molecule has 0 aromatic heterocycles. The Balaban J connectivity index is 4.49. The van der Waals surface area contributed by atoms with E-state index in [1.54, 1.807) is 0 Å². The molecule has 0 N–H and O–H groups in total. The van der Waals surface area contributed by atoms with Crippen molar-refractivity contribution in [2.45, 2.75) is 252 Å². The van der Waals surface area contributed by atoms with E-state index >= 15 is 0 Å². The van der Waals surface area contributed by atoms with Crippen molar-refractivity contribution in [3.8, 4) is 0 Å². The van der Waals surface area contributed by atoms with Crippen molar-refractivity contribution in [1.82, 2.24) is 0 Å². The van der Waals surface area contributed by atoms with Crippen LogP contribution in [0.1, 0.15) is 245 Å². The van der Waals surface area contributed by atoms with Crippen LogP contribution in [0.4, 0.5) is 0 Å². The molecule has 1 unspecified atom stereocenters. The maximum Gasteiger partial charge on any atom is 0.306 e. The first-order chi connectivity index (χ1) is 34.5. The zero-order valence-electron chi connectivity index (χ0n) is 45.2. The maximum absolute atomic E-state index is 12.9. The molecule has 0 aliphatic rings. The first-order valence-corrected chi connectivity index (χ1v) is 28.7. The number of rotatable bonds is 50. The molecule has 6 heteroatoms. The number of carbonyl (C=O) groups is 3. The Morgan fingerprint density at radius 1 is 0.300 bits per heavy atom.